The predicted molar refractivity (Wildman–Crippen MR) is 104 cm³/mol. The van der Waals surface area contributed by atoms with Crippen molar-refractivity contribution in [1.29, 1.82) is 0 Å². The molecule has 1 N–H and O–H groups in total. The van der Waals surface area contributed by atoms with Gasteiger partial charge in [-0.3, -0.25) is 10.1 Å². The van der Waals surface area contributed by atoms with Crippen LogP contribution >= 0.6 is 34.5 Å². The molecule has 0 bridgehead atoms. The molecule has 0 aliphatic rings. The van der Waals surface area contributed by atoms with Crippen LogP contribution in [0.2, 0.25) is 10.0 Å². The van der Waals surface area contributed by atoms with Crippen molar-refractivity contribution in [2.24, 2.45) is 0 Å². The molecule has 0 fully saturated rings. The summed E-state index contributed by atoms with van der Waals surface area (Å²) in [6.45, 7) is 5.70. The van der Waals surface area contributed by atoms with Gasteiger partial charge >= 0.3 is 0 Å². The van der Waals surface area contributed by atoms with Crippen LogP contribution in [-0.4, -0.2) is 17.0 Å². The molecule has 1 atom stereocenters. The van der Waals surface area contributed by atoms with Gasteiger partial charge in [-0.1, -0.05) is 40.6 Å². The third kappa shape index (κ3) is 4.06. The molecule has 0 spiro atoms. The number of rotatable bonds is 4. The van der Waals surface area contributed by atoms with Crippen LogP contribution in [0.25, 0.3) is 10.2 Å². The number of hydrogen-bond acceptors (Lipinski definition) is 4. The van der Waals surface area contributed by atoms with Crippen molar-refractivity contribution >= 4 is 55.8 Å². The van der Waals surface area contributed by atoms with Gasteiger partial charge in [0.05, 0.1) is 15.2 Å². The minimum absolute atomic E-state index is 0.292. The van der Waals surface area contributed by atoms with Crippen LogP contribution in [0.5, 0.6) is 5.75 Å². The summed E-state index contributed by atoms with van der Waals surface area (Å²) in [4.78, 5) is 16.9. The highest BCUT2D eigenvalue weighted by Gasteiger charge is 2.18. The molecule has 25 heavy (non-hydrogen) atoms. The third-order valence-electron chi connectivity index (χ3n) is 3.63. The number of fused-ring (bicyclic) bond motifs is 1. The first-order valence-electron chi connectivity index (χ1n) is 7.64. The van der Waals surface area contributed by atoms with E-state index in [1.807, 2.05) is 13.8 Å². The molecule has 4 nitrogen and oxygen atoms in total. The van der Waals surface area contributed by atoms with Crippen LogP contribution in [0.15, 0.2) is 30.3 Å². The molecule has 3 aromatic rings. The molecule has 1 aromatic heterocycles. The second-order valence-corrected chi connectivity index (χ2v) is 7.65. The van der Waals surface area contributed by atoms with E-state index in [2.05, 4.69) is 22.4 Å². The zero-order chi connectivity index (χ0) is 18.1. The second kappa shape index (κ2) is 7.20. The lowest BCUT2D eigenvalue weighted by Gasteiger charge is -2.14. The van der Waals surface area contributed by atoms with Crippen LogP contribution < -0.4 is 10.1 Å². The molecule has 0 saturated heterocycles. The minimum atomic E-state index is -0.728. The van der Waals surface area contributed by atoms with E-state index >= 15 is 0 Å². The van der Waals surface area contributed by atoms with E-state index in [1.165, 1.54) is 16.9 Å². The zero-order valence-corrected chi connectivity index (χ0v) is 16.2. The number of nitrogens with zero attached hydrogens (tertiary/aromatic N) is 1. The van der Waals surface area contributed by atoms with Gasteiger partial charge in [0.25, 0.3) is 5.91 Å². The van der Waals surface area contributed by atoms with Gasteiger partial charge in [-0.05, 0) is 56.2 Å². The SMILES string of the molecule is Cc1cc(C)c2nc(NC(=O)[C@H](C)Oc3ccc(Cl)cc3Cl)sc2c1. The van der Waals surface area contributed by atoms with E-state index in [0.29, 0.717) is 20.9 Å². The highest BCUT2D eigenvalue weighted by Crippen LogP contribution is 2.30. The molecule has 1 amide bonds. The number of aryl methyl sites for hydroxylation is 2. The van der Waals surface area contributed by atoms with Gasteiger partial charge in [-0.15, -0.1) is 0 Å². The maximum absolute atomic E-state index is 12.4. The summed E-state index contributed by atoms with van der Waals surface area (Å²) in [6.07, 6.45) is -0.728. The summed E-state index contributed by atoms with van der Waals surface area (Å²) in [5.74, 6) is 0.115. The number of nitrogens with one attached hydrogen (secondary N) is 1. The Balaban J connectivity index is 1.74. The maximum Gasteiger partial charge on any atom is 0.266 e. The Kier molecular flexibility index (Phi) is 5.18. The summed E-state index contributed by atoms with van der Waals surface area (Å²) >= 11 is 13.4. The van der Waals surface area contributed by atoms with Crippen molar-refractivity contribution in [3.8, 4) is 5.75 Å². The van der Waals surface area contributed by atoms with Crippen molar-refractivity contribution in [2.45, 2.75) is 26.9 Å². The average Bonchev–Trinajstić information content (AvgIpc) is 2.92. The molecule has 3 rings (SSSR count). The summed E-state index contributed by atoms with van der Waals surface area (Å²) in [7, 11) is 0. The second-order valence-electron chi connectivity index (χ2n) is 5.77. The summed E-state index contributed by atoms with van der Waals surface area (Å²) in [5.41, 5.74) is 3.16. The monoisotopic (exact) mass is 394 g/mol. The molecule has 2 aromatic carbocycles. The van der Waals surface area contributed by atoms with E-state index in [0.717, 1.165) is 15.8 Å². The normalized spacial score (nSPS) is 12.2. The zero-order valence-electron chi connectivity index (χ0n) is 13.9. The van der Waals surface area contributed by atoms with E-state index < -0.39 is 6.10 Å². The van der Waals surface area contributed by atoms with Crippen LogP contribution in [0.1, 0.15) is 18.1 Å². The predicted octanol–water partition coefficient (Wildman–Crippen LogP) is 5.63. The van der Waals surface area contributed by atoms with Crippen molar-refractivity contribution in [1.82, 2.24) is 4.98 Å². The molecule has 130 valence electrons. The molecular formula is C18H16Cl2N2O2S. The van der Waals surface area contributed by atoms with E-state index in [9.17, 15) is 4.79 Å². The highest BCUT2D eigenvalue weighted by molar-refractivity contribution is 7.22. The van der Waals surface area contributed by atoms with Crippen molar-refractivity contribution in [2.75, 3.05) is 5.32 Å². The van der Waals surface area contributed by atoms with Gasteiger partial charge in [-0.2, -0.15) is 0 Å². The lowest BCUT2D eigenvalue weighted by atomic mass is 10.1. The number of amides is 1. The number of aromatic nitrogens is 1. The molecular weight excluding hydrogens is 379 g/mol. The number of anilines is 1. The highest BCUT2D eigenvalue weighted by atomic mass is 35.5. The number of halogens is 2. The fraction of sp³-hybridized carbons (Fsp3) is 0.222. The summed E-state index contributed by atoms with van der Waals surface area (Å²) < 4.78 is 6.67. The number of hydrogen-bond donors (Lipinski definition) is 1. The molecule has 0 aliphatic heterocycles. The Morgan fingerprint density at radius 2 is 2.00 bits per heavy atom. The lowest BCUT2D eigenvalue weighted by Crippen LogP contribution is -2.30. The van der Waals surface area contributed by atoms with Crippen LogP contribution in [-0.2, 0) is 4.79 Å². The topological polar surface area (TPSA) is 51.2 Å². The van der Waals surface area contributed by atoms with Crippen molar-refractivity contribution in [3.05, 3.63) is 51.5 Å². The molecule has 1 heterocycles. The minimum Gasteiger partial charge on any atom is -0.479 e. The molecule has 0 saturated carbocycles. The van der Waals surface area contributed by atoms with Gasteiger partial charge in [0.15, 0.2) is 11.2 Å². The Morgan fingerprint density at radius 1 is 1.24 bits per heavy atom. The van der Waals surface area contributed by atoms with Crippen molar-refractivity contribution < 1.29 is 9.53 Å². The first kappa shape index (κ1) is 18.0. The standard InChI is InChI=1S/C18H16Cl2N2O2S/c1-9-6-10(2)16-15(7-9)25-18(21-16)22-17(23)11(3)24-14-5-4-12(19)8-13(14)20/h4-8,11H,1-3H3,(H,21,22,23)/t11-/m0/s1. The molecule has 0 radical (unpaired) electrons. The van der Waals surface area contributed by atoms with Crippen LogP contribution in [0.3, 0.4) is 0 Å². The molecule has 7 heteroatoms. The number of benzene rings is 2. The molecule has 0 unspecified atom stereocenters. The first-order valence-corrected chi connectivity index (χ1v) is 9.21. The van der Waals surface area contributed by atoms with Crippen molar-refractivity contribution in [3.63, 3.8) is 0 Å². The first-order chi connectivity index (χ1) is 11.8. The van der Waals surface area contributed by atoms with Gasteiger partial charge < -0.3 is 4.74 Å². The van der Waals surface area contributed by atoms with E-state index in [-0.39, 0.29) is 5.91 Å². The maximum atomic E-state index is 12.4. The van der Waals surface area contributed by atoms with E-state index in [1.54, 1.807) is 25.1 Å². The number of thiazole rings is 1. The number of ether oxygens (including phenoxy) is 1. The van der Waals surface area contributed by atoms with Gasteiger partial charge in [-0.25, -0.2) is 4.98 Å². The molecule has 0 aliphatic carbocycles. The Morgan fingerprint density at radius 3 is 2.72 bits per heavy atom. The third-order valence-corrected chi connectivity index (χ3v) is 5.08. The smallest absolute Gasteiger partial charge is 0.266 e. The Labute approximate surface area is 159 Å². The van der Waals surface area contributed by atoms with E-state index in [4.69, 9.17) is 27.9 Å². The van der Waals surface area contributed by atoms with Gasteiger partial charge in [0.1, 0.15) is 5.75 Å². The van der Waals surface area contributed by atoms with Gasteiger partial charge in [0.2, 0.25) is 0 Å². The largest absolute Gasteiger partial charge is 0.479 e. The van der Waals surface area contributed by atoms with Crippen LogP contribution in [0.4, 0.5) is 5.13 Å². The number of carbonyl (C=O) groups excluding carboxylic acids is 1. The quantitative estimate of drug-likeness (QED) is 0.623. The fourth-order valence-electron chi connectivity index (χ4n) is 2.45. The fourth-order valence-corrected chi connectivity index (χ4v) is 3.94. The summed E-state index contributed by atoms with van der Waals surface area (Å²) in [5, 5.41) is 4.22. The lowest BCUT2D eigenvalue weighted by molar-refractivity contribution is -0.122. The summed E-state index contributed by atoms with van der Waals surface area (Å²) in [6, 6.07) is 9.00. The number of carbonyl (C=O) groups is 1. The average molecular weight is 395 g/mol. The van der Waals surface area contributed by atoms with Gasteiger partial charge in [0, 0.05) is 5.02 Å². The Hall–Kier alpha value is -1.82. The Bertz CT molecular complexity index is 956. The van der Waals surface area contributed by atoms with Crippen LogP contribution in [0, 0.1) is 13.8 Å².